The number of halogens is 2. The summed E-state index contributed by atoms with van der Waals surface area (Å²) < 4.78 is 36.6. The first-order valence-electron chi connectivity index (χ1n) is 9.37. The molecule has 3 N–H and O–H groups in total. The zero-order valence-corrected chi connectivity index (χ0v) is 16.3. The average molecular weight is 393 g/mol. The molecule has 1 aromatic carbocycles. The van der Waals surface area contributed by atoms with Gasteiger partial charge in [-0.1, -0.05) is 0 Å². The van der Waals surface area contributed by atoms with Crippen molar-refractivity contribution in [1.82, 2.24) is 4.57 Å². The maximum Gasteiger partial charge on any atom is 0.306 e. The van der Waals surface area contributed by atoms with Crippen molar-refractivity contribution in [2.24, 2.45) is 0 Å². The van der Waals surface area contributed by atoms with Gasteiger partial charge in [-0.2, -0.15) is 0 Å². The van der Waals surface area contributed by atoms with Crippen LogP contribution in [-0.4, -0.2) is 22.7 Å². The number of hydrogen-bond acceptors (Lipinski definition) is 5. The summed E-state index contributed by atoms with van der Waals surface area (Å²) in [5.41, 5.74) is 4.00. The first kappa shape index (κ1) is 20.1. The Balaban J connectivity index is 1.83. The molecule has 2 aromatic rings. The Morgan fingerprint density at radius 2 is 2.00 bits per heavy atom. The van der Waals surface area contributed by atoms with Gasteiger partial charge in [0.2, 0.25) is 0 Å². The van der Waals surface area contributed by atoms with Crippen LogP contribution in [0.25, 0.3) is 10.9 Å². The van der Waals surface area contributed by atoms with Crippen LogP contribution < -0.4 is 16.5 Å². The van der Waals surface area contributed by atoms with Crippen LogP contribution in [0.1, 0.15) is 52.5 Å². The van der Waals surface area contributed by atoms with Crippen LogP contribution >= 0.6 is 0 Å². The number of rotatable bonds is 6. The van der Waals surface area contributed by atoms with Gasteiger partial charge in [0, 0.05) is 31.3 Å². The number of fused-ring (bicyclic) bond motifs is 1. The molecule has 1 heterocycles. The number of hydrogen-bond donors (Lipinski definition) is 2. The van der Waals surface area contributed by atoms with Gasteiger partial charge < -0.3 is 20.4 Å². The predicted octanol–water partition coefficient (Wildman–Crippen LogP) is 3.73. The van der Waals surface area contributed by atoms with Crippen LogP contribution in [0.15, 0.2) is 17.1 Å². The van der Waals surface area contributed by atoms with Gasteiger partial charge in [-0.05, 0) is 40.0 Å². The number of nitrogens with zero attached hydrogens (tertiary/aromatic N) is 1. The molecule has 1 saturated carbocycles. The Bertz CT molecular complexity index is 976. The highest BCUT2D eigenvalue weighted by Crippen LogP contribution is 2.40. The molecule has 6 nitrogen and oxygen atoms in total. The number of benzene rings is 1. The number of nitrogens with one attached hydrogen (secondary N) is 1. The molecule has 0 spiro atoms. The molecule has 0 atom stereocenters. The summed E-state index contributed by atoms with van der Waals surface area (Å²) in [6.07, 6.45) is 3.70. The Morgan fingerprint density at radius 3 is 2.61 bits per heavy atom. The van der Waals surface area contributed by atoms with E-state index in [9.17, 15) is 14.0 Å². The lowest BCUT2D eigenvalue weighted by atomic mass is 10.1. The molecule has 8 heteroatoms. The summed E-state index contributed by atoms with van der Waals surface area (Å²) in [4.78, 5) is 23.9. The zero-order chi connectivity index (χ0) is 20.6. The lowest BCUT2D eigenvalue weighted by Gasteiger charge is -2.19. The molecule has 1 aliphatic rings. The summed E-state index contributed by atoms with van der Waals surface area (Å²) in [5.74, 6) is -2.22. The molecule has 1 aromatic heterocycles. The lowest BCUT2D eigenvalue weighted by molar-refractivity contribution is -0.154. The van der Waals surface area contributed by atoms with Crippen molar-refractivity contribution < 1.29 is 18.3 Å². The maximum absolute atomic E-state index is 15.1. The number of ether oxygens (including phenoxy) is 1. The number of anilines is 2. The van der Waals surface area contributed by atoms with Gasteiger partial charge in [0.25, 0.3) is 0 Å². The molecule has 28 heavy (non-hydrogen) atoms. The van der Waals surface area contributed by atoms with Crippen LogP contribution in [0.3, 0.4) is 0 Å². The van der Waals surface area contributed by atoms with Gasteiger partial charge in [-0.25, -0.2) is 8.78 Å². The lowest BCUT2D eigenvalue weighted by Crippen LogP contribution is -2.24. The fourth-order valence-electron chi connectivity index (χ4n) is 3.15. The number of aromatic nitrogens is 1. The highest BCUT2D eigenvalue weighted by Gasteiger charge is 2.29. The van der Waals surface area contributed by atoms with Gasteiger partial charge in [-0.15, -0.1) is 0 Å². The standard InChI is InChI=1S/C20H25F2N3O3/c1-20(2,3)28-13(27)5-4-9-24-18-15(21)17(23)14-12(26)8-10-25(11-6-7-11)19(14)16(18)22/h8,10-11,24H,4-7,9,23H2,1-3H3. The predicted molar refractivity (Wildman–Crippen MR) is 104 cm³/mol. The molecule has 0 aliphatic heterocycles. The summed E-state index contributed by atoms with van der Waals surface area (Å²) >= 11 is 0. The fraction of sp³-hybridized carbons (Fsp3) is 0.500. The Hall–Kier alpha value is -2.64. The molecular formula is C20H25F2N3O3. The topological polar surface area (TPSA) is 86.3 Å². The molecule has 1 fully saturated rings. The largest absolute Gasteiger partial charge is 0.460 e. The number of pyridine rings is 1. The fourth-order valence-corrected chi connectivity index (χ4v) is 3.15. The first-order chi connectivity index (χ1) is 13.1. The van der Waals surface area contributed by atoms with E-state index in [1.165, 1.54) is 12.3 Å². The number of esters is 1. The average Bonchev–Trinajstić information content (AvgIpc) is 3.42. The number of nitrogens with two attached hydrogens (primary N) is 1. The minimum atomic E-state index is -0.993. The van der Waals surface area contributed by atoms with Crippen LogP contribution in [0, 0.1) is 11.6 Å². The first-order valence-corrected chi connectivity index (χ1v) is 9.37. The van der Waals surface area contributed by atoms with Gasteiger partial charge in [0.05, 0.1) is 16.6 Å². The summed E-state index contributed by atoms with van der Waals surface area (Å²) in [7, 11) is 0. The van der Waals surface area contributed by atoms with Gasteiger partial charge in [0.1, 0.15) is 11.3 Å². The highest BCUT2D eigenvalue weighted by atomic mass is 19.1. The smallest absolute Gasteiger partial charge is 0.306 e. The van der Waals surface area contributed by atoms with E-state index in [-0.39, 0.29) is 47.3 Å². The molecule has 0 amide bonds. The molecular weight excluding hydrogens is 368 g/mol. The van der Waals surface area contributed by atoms with E-state index in [0.717, 1.165) is 12.8 Å². The van der Waals surface area contributed by atoms with Crippen molar-refractivity contribution in [2.75, 3.05) is 17.6 Å². The normalized spacial score (nSPS) is 14.3. The third-order valence-corrected chi connectivity index (χ3v) is 4.50. The second-order valence-electron chi connectivity index (χ2n) is 8.08. The quantitative estimate of drug-likeness (QED) is 0.444. The van der Waals surface area contributed by atoms with E-state index in [4.69, 9.17) is 10.5 Å². The van der Waals surface area contributed by atoms with Gasteiger partial charge >= 0.3 is 5.97 Å². The zero-order valence-electron chi connectivity index (χ0n) is 16.3. The van der Waals surface area contributed by atoms with Crippen molar-refractivity contribution in [3.05, 3.63) is 34.1 Å². The summed E-state index contributed by atoms with van der Waals surface area (Å²) in [5, 5.41) is 2.55. The highest BCUT2D eigenvalue weighted by molar-refractivity contribution is 5.95. The van der Waals surface area contributed by atoms with Crippen LogP contribution in [0.4, 0.5) is 20.2 Å². The number of carbonyl (C=O) groups excluding carboxylic acids is 1. The van der Waals surface area contributed by atoms with Crippen molar-refractivity contribution in [3.63, 3.8) is 0 Å². The van der Waals surface area contributed by atoms with Crippen LogP contribution in [0.5, 0.6) is 0 Å². The van der Waals surface area contributed by atoms with E-state index in [1.54, 1.807) is 25.3 Å². The van der Waals surface area contributed by atoms with Crippen molar-refractivity contribution in [1.29, 1.82) is 0 Å². The van der Waals surface area contributed by atoms with Crippen LogP contribution in [-0.2, 0) is 9.53 Å². The van der Waals surface area contributed by atoms with Crippen LogP contribution in [0.2, 0.25) is 0 Å². The summed E-state index contributed by atoms with van der Waals surface area (Å²) in [6, 6.07) is 1.37. The van der Waals surface area contributed by atoms with Crippen molar-refractivity contribution in [3.8, 4) is 0 Å². The summed E-state index contributed by atoms with van der Waals surface area (Å²) in [6.45, 7) is 5.46. The van der Waals surface area contributed by atoms with E-state index in [0.29, 0.717) is 6.42 Å². The van der Waals surface area contributed by atoms with E-state index < -0.39 is 22.7 Å². The van der Waals surface area contributed by atoms with E-state index >= 15 is 4.39 Å². The Kier molecular flexibility index (Phi) is 5.32. The molecule has 0 saturated heterocycles. The molecule has 152 valence electrons. The van der Waals surface area contributed by atoms with Gasteiger partial charge in [0.15, 0.2) is 17.1 Å². The third-order valence-electron chi connectivity index (χ3n) is 4.50. The minimum Gasteiger partial charge on any atom is -0.460 e. The van der Waals surface area contributed by atoms with E-state index in [1.807, 2.05) is 0 Å². The maximum atomic E-state index is 15.1. The molecule has 1 aliphatic carbocycles. The number of carbonyl (C=O) groups is 1. The monoisotopic (exact) mass is 393 g/mol. The van der Waals surface area contributed by atoms with Gasteiger partial charge in [-0.3, -0.25) is 9.59 Å². The second kappa shape index (κ2) is 7.41. The molecule has 3 rings (SSSR count). The molecule has 0 radical (unpaired) electrons. The van der Waals surface area contributed by atoms with Crippen molar-refractivity contribution in [2.45, 2.75) is 58.1 Å². The Labute approximate surface area is 161 Å². The second-order valence-corrected chi connectivity index (χ2v) is 8.08. The number of nitrogen functional groups attached to an aromatic ring is 1. The van der Waals surface area contributed by atoms with Crippen molar-refractivity contribution >= 4 is 28.2 Å². The van der Waals surface area contributed by atoms with E-state index in [2.05, 4.69) is 5.32 Å². The Morgan fingerprint density at radius 1 is 1.32 bits per heavy atom. The SMILES string of the molecule is CC(C)(C)OC(=O)CCCNc1c(F)c(N)c2c(=O)ccn(C3CC3)c2c1F. The molecule has 0 bridgehead atoms. The third kappa shape index (κ3) is 4.10. The molecule has 0 unspecified atom stereocenters. The minimum absolute atomic E-state index is 0.0172.